The third-order valence-electron chi connectivity index (χ3n) is 10.5. The van der Waals surface area contributed by atoms with Crippen molar-refractivity contribution in [1.29, 1.82) is 0 Å². The van der Waals surface area contributed by atoms with E-state index in [1.54, 1.807) is 30.3 Å². The Morgan fingerprint density at radius 2 is 1.67 bits per heavy atom. The molecule has 0 bridgehead atoms. The van der Waals surface area contributed by atoms with Gasteiger partial charge in [-0.3, -0.25) is 13.9 Å². The summed E-state index contributed by atoms with van der Waals surface area (Å²) in [5, 5.41) is 14.2. The number of ether oxygens (including phenoxy) is 2. The number of rotatable bonds is 25. The number of nitrogens with one attached hydrogen (secondary N) is 1. The van der Waals surface area contributed by atoms with Crippen LogP contribution in [-0.4, -0.2) is 61.6 Å². The molecule has 1 fully saturated rings. The number of carbonyl (C=O) groups excluding carboxylic acids is 1. The van der Waals surface area contributed by atoms with Crippen LogP contribution >= 0.6 is 7.75 Å². The van der Waals surface area contributed by atoms with Gasteiger partial charge in [0.2, 0.25) is 0 Å². The quantitative estimate of drug-likeness (QED) is 0.0192. The van der Waals surface area contributed by atoms with Gasteiger partial charge in [0.25, 0.3) is 0 Å². The summed E-state index contributed by atoms with van der Waals surface area (Å²) in [4.78, 5) is 25.6. The minimum absolute atomic E-state index is 0.0354. The van der Waals surface area contributed by atoms with Gasteiger partial charge < -0.3 is 24.8 Å². The lowest BCUT2D eigenvalue weighted by atomic mass is 9.95. The average molecular weight is 821 g/mol. The van der Waals surface area contributed by atoms with E-state index in [0.29, 0.717) is 0 Å². The van der Waals surface area contributed by atoms with E-state index >= 15 is 0 Å². The number of aliphatic hydroxyl groups excluding tert-OH is 1. The highest BCUT2D eigenvalue weighted by Gasteiger charge is 2.50. The molecular formula is C43H58FN6O7P. The first-order chi connectivity index (χ1) is 28.1. The molecule has 0 saturated carbocycles. The summed E-state index contributed by atoms with van der Waals surface area (Å²) in [6.07, 6.45) is 17.4. The van der Waals surface area contributed by atoms with E-state index in [4.69, 9.17) is 30.7 Å². The predicted octanol–water partition coefficient (Wildman–Crippen LogP) is 8.48. The second-order valence-electron chi connectivity index (χ2n) is 15.0. The number of esters is 1. The van der Waals surface area contributed by atoms with Crippen LogP contribution in [0.15, 0.2) is 67.0 Å². The Bertz CT molecular complexity index is 1950. The van der Waals surface area contributed by atoms with Crippen LogP contribution in [0.25, 0.3) is 11.2 Å². The normalized spacial score (nSPS) is 19.5. The minimum Gasteiger partial charge on any atom is -0.464 e. The van der Waals surface area contributed by atoms with Crippen molar-refractivity contribution in [2.45, 2.75) is 128 Å². The molecule has 1 saturated heterocycles. The molecule has 314 valence electrons. The zero-order valence-electron chi connectivity index (χ0n) is 33.6. The van der Waals surface area contributed by atoms with Crippen LogP contribution in [0.3, 0.4) is 0 Å². The second kappa shape index (κ2) is 22.1. The molecular weight excluding hydrogens is 762 g/mol. The topological polar surface area (TPSA) is 173 Å². The lowest BCUT2D eigenvalue weighted by Gasteiger charge is -2.30. The Hall–Kier alpha value is -4.38. The highest BCUT2D eigenvalue weighted by atomic mass is 31.2. The molecule has 13 nitrogen and oxygen atoms in total. The average Bonchev–Trinajstić information content (AvgIpc) is 3.80. The summed E-state index contributed by atoms with van der Waals surface area (Å²) in [5.41, 5.74) is 4.96. The molecule has 3 heterocycles. The van der Waals surface area contributed by atoms with Crippen LogP contribution in [0.5, 0.6) is 5.75 Å². The summed E-state index contributed by atoms with van der Waals surface area (Å²) >= 11 is 0. The Morgan fingerprint density at radius 1 is 1.03 bits per heavy atom. The van der Waals surface area contributed by atoms with Crippen molar-refractivity contribution in [1.82, 2.24) is 24.6 Å². The molecule has 0 spiro atoms. The Balaban J connectivity index is 1.35. The van der Waals surface area contributed by atoms with Crippen LogP contribution in [0.1, 0.15) is 109 Å². The summed E-state index contributed by atoms with van der Waals surface area (Å²) in [6.45, 7) is 4.01. The van der Waals surface area contributed by atoms with Crippen LogP contribution in [0.2, 0.25) is 0 Å². The molecule has 0 amide bonds. The van der Waals surface area contributed by atoms with Gasteiger partial charge in [0.05, 0.1) is 12.9 Å². The molecule has 4 N–H and O–H groups in total. The number of anilines is 1. The molecule has 5 atom stereocenters. The summed E-state index contributed by atoms with van der Waals surface area (Å²) < 4.78 is 54.7. The number of imidazole rings is 1. The number of fused-ring (bicyclic) bond motifs is 1. The molecule has 58 heavy (non-hydrogen) atoms. The van der Waals surface area contributed by atoms with E-state index in [2.05, 4.69) is 39.8 Å². The number of aromatic nitrogens is 4. The van der Waals surface area contributed by atoms with Gasteiger partial charge >= 0.3 is 19.8 Å². The predicted molar refractivity (Wildman–Crippen MR) is 221 cm³/mol. The maximum Gasteiger partial charge on any atom is 0.459 e. The van der Waals surface area contributed by atoms with Crippen LogP contribution < -0.4 is 15.3 Å². The summed E-state index contributed by atoms with van der Waals surface area (Å²) in [6, 6.07) is 16.5. The fraction of sp³-hybridized carbons (Fsp3) is 0.535. The van der Waals surface area contributed by atoms with Gasteiger partial charge in [-0.1, -0.05) is 133 Å². The smallest absolute Gasteiger partial charge is 0.459 e. The summed E-state index contributed by atoms with van der Waals surface area (Å²) in [7, 11) is -4.50. The maximum atomic E-state index is 14.9. The van der Waals surface area contributed by atoms with Crippen molar-refractivity contribution in [2.75, 3.05) is 18.9 Å². The van der Waals surface area contributed by atoms with Gasteiger partial charge in [0, 0.05) is 6.42 Å². The minimum atomic E-state index is -4.50. The lowest BCUT2D eigenvalue weighted by Crippen LogP contribution is -2.44. The van der Waals surface area contributed by atoms with E-state index in [1.807, 2.05) is 30.3 Å². The molecule has 4 aromatic rings. The fourth-order valence-electron chi connectivity index (χ4n) is 7.14. The number of hydrogen-bond acceptors (Lipinski definition) is 11. The maximum absolute atomic E-state index is 14.9. The van der Waals surface area contributed by atoms with Crippen LogP contribution in [0, 0.1) is 24.3 Å². The molecule has 5 rings (SSSR count). The summed E-state index contributed by atoms with van der Waals surface area (Å²) in [5.74, 6) is 2.10. The number of unbranched alkanes of at least 4 members (excludes halogenated alkanes) is 8. The molecule has 2 aromatic carbocycles. The number of terminal acetylenes is 1. The third-order valence-corrected chi connectivity index (χ3v) is 12.0. The number of nitrogen functional groups attached to an aromatic ring is 1. The van der Waals surface area contributed by atoms with Crippen molar-refractivity contribution in [3.8, 4) is 18.1 Å². The Labute approximate surface area is 341 Å². The molecule has 1 aliphatic rings. The molecule has 2 aromatic heterocycles. The highest BCUT2D eigenvalue weighted by molar-refractivity contribution is 7.52. The van der Waals surface area contributed by atoms with E-state index in [-0.39, 0.29) is 48.1 Å². The SMILES string of the molecule is C#C[C@]1(CO[P@@](=O)(NC(Cc2ccccc2)C(=O)OCC(CCCCCCC)CCCCCCC)Oc2ccccc2)O[C@@H](n2cnc3c(N)nc(F)nc32)C[C@@H]1O. The first-order valence-electron chi connectivity index (χ1n) is 20.5. The van der Waals surface area contributed by atoms with Crippen molar-refractivity contribution in [3.05, 3.63) is 78.6 Å². The number of halogens is 1. The van der Waals surface area contributed by atoms with E-state index in [1.165, 1.54) is 49.4 Å². The monoisotopic (exact) mass is 820 g/mol. The van der Waals surface area contributed by atoms with Crippen molar-refractivity contribution in [2.24, 2.45) is 5.92 Å². The number of nitrogens with two attached hydrogens (primary N) is 1. The third kappa shape index (κ3) is 12.6. The number of aliphatic hydroxyl groups is 1. The van der Waals surface area contributed by atoms with Gasteiger partial charge in [-0.25, -0.2) is 9.55 Å². The zero-order valence-corrected chi connectivity index (χ0v) is 34.5. The van der Waals surface area contributed by atoms with E-state index < -0.39 is 50.4 Å². The van der Waals surface area contributed by atoms with Crippen molar-refractivity contribution in [3.63, 3.8) is 0 Å². The second-order valence-corrected chi connectivity index (χ2v) is 16.7. The van der Waals surface area contributed by atoms with Crippen LogP contribution in [0.4, 0.5) is 10.2 Å². The number of carbonyl (C=O) groups is 1. The van der Waals surface area contributed by atoms with Gasteiger partial charge in [-0.15, -0.1) is 6.42 Å². The molecule has 1 unspecified atom stereocenters. The number of para-hydroxylation sites is 1. The van der Waals surface area contributed by atoms with Gasteiger partial charge in [-0.2, -0.15) is 19.4 Å². The number of nitrogens with zero attached hydrogens (tertiary/aromatic N) is 4. The lowest BCUT2D eigenvalue weighted by molar-refractivity contribution is -0.147. The first kappa shape index (κ1) is 44.7. The van der Waals surface area contributed by atoms with Crippen molar-refractivity contribution < 1.29 is 37.4 Å². The van der Waals surface area contributed by atoms with Gasteiger partial charge in [0.1, 0.15) is 30.7 Å². The Morgan fingerprint density at radius 3 is 2.31 bits per heavy atom. The number of hydrogen-bond donors (Lipinski definition) is 3. The van der Waals surface area contributed by atoms with E-state index in [0.717, 1.165) is 44.1 Å². The highest BCUT2D eigenvalue weighted by Crippen LogP contribution is 2.48. The van der Waals surface area contributed by atoms with Gasteiger partial charge in [-0.05, 0) is 42.9 Å². The largest absolute Gasteiger partial charge is 0.464 e. The zero-order chi connectivity index (χ0) is 41.4. The molecule has 0 aliphatic carbocycles. The molecule has 0 radical (unpaired) electrons. The number of benzene rings is 2. The molecule has 15 heteroatoms. The standard InChI is InChI=1S/C43H58FN6O7P/c1-4-7-9-11-15-23-33(24-16-12-10-8-5-2)29-54-41(52)35(27-32-21-17-13-18-22-32)49-58(53,57-34-25-19-14-20-26-34)55-30-43(6-3)36(51)28-37(56-43)50-31-46-38-39(45)47-42(44)48-40(38)50/h3,13-14,17-22,25-26,31,33,35-37,51H,4-5,7-12,15-16,23-24,27-30H2,1-2H3,(H,49,53)(H2,45,47,48)/t35?,36-,37+,43+,58-/m0/s1. The molecule has 1 aliphatic heterocycles. The first-order valence-corrected chi connectivity index (χ1v) is 22.1. The van der Waals surface area contributed by atoms with Gasteiger partial charge in [0.15, 0.2) is 22.6 Å². The van der Waals surface area contributed by atoms with Crippen LogP contribution in [-0.2, 0) is 29.8 Å². The Kier molecular flexibility index (Phi) is 17.1. The van der Waals surface area contributed by atoms with E-state index in [9.17, 15) is 18.9 Å². The fourth-order valence-corrected chi connectivity index (χ4v) is 8.66. The van der Waals surface area contributed by atoms with Crippen molar-refractivity contribution >= 4 is 30.7 Å².